The van der Waals surface area contributed by atoms with Gasteiger partial charge in [-0.1, -0.05) is 12.1 Å². The van der Waals surface area contributed by atoms with Crippen molar-refractivity contribution in [3.05, 3.63) is 59.3 Å². The van der Waals surface area contributed by atoms with Crippen LogP contribution in [0.25, 0.3) is 11.3 Å². The van der Waals surface area contributed by atoms with E-state index in [0.29, 0.717) is 42.2 Å². The molecule has 1 aliphatic heterocycles. The lowest BCUT2D eigenvalue weighted by Crippen LogP contribution is -2.38. The summed E-state index contributed by atoms with van der Waals surface area (Å²) in [7, 11) is 0. The normalized spacial score (nSPS) is 16.7. The number of benzene rings is 1. The van der Waals surface area contributed by atoms with Crippen molar-refractivity contribution in [2.75, 3.05) is 13.2 Å². The maximum absolute atomic E-state index is 13.9. The summed E-state index contributed by atoms with van der Waals surface area (Å²) in [5.74, 6) is -0.451. The summed E-state index contributed by atoms with van der Waals surface area (Å²) in [5.41, 5.74) is 7.78. The summed E-state index contributed by atoms with van der Waals surface area (Å²) in [5, 5.41) is 0. The second kappa shape index (κ2) is 7.69. The van der Waals surface area contributed by atoms with Crippen molar-refractivity contribution in [2.24, 2.45) is 5.73 Å². The smallest absolute Gasteiger partial charge is 0.404 e. The molecule has 1 aromatic carbocycles. The minimum Gasteiger partial charge on any atom is -0.445 e. The first kappa shape index (κ1) is 19.2. The zero-order valence-corrected chi connectivity index (χ0v) is 15.7. The lowest BCUT2D eigenvalue weighted by atomic mass is 9.98. The highest BCUT2D eigenvalue weighted by molar-refractivity contribution is 5.99. The van der Waals surface area contributed by atoms with Gasteiger partial charge < -0.3 is 19.9 Å². The fraction of sp³-hybridized carbons (Fsp3) is 0.333. The minimum absolute atomic E-state index is 0.0410. The van der Waals surface area contributed by atoms with Gasteiger partial charge in [0.05, 0.1) is 17.6 Å². The number of carbonyl (C=O) groups excluding carboxylic acids is 2. The molecule has 2 aliphatic rings. The number of rotatable bonds is 6. The van der Waals surface area contributed by atoms with Crippen molar-refractivity contribution in [3.63, 3.8) is 0 Å². The van der Waals surface area contributed by atoms with Crippen LogP contribution in [0.15, 0.2) is 42.4 Å². The summed E-state index contributed by atoms with van der Waals surface area (Å²) < 4.78 is 33.7. The van der Waals surface area contributed by atoms with Crippen molar-refractivity contribution >= 4 is 12.0 Å². The Bertz CT molecular complexity index is 995. The van der Waals surface area contributed by atoms with Crippen molar-refractivity contribution in [3.8, 4) is 11.3 Å². The first-order valence-electron chi connectivity index (χ1n) is 9.47. The van der Waals surface area contributed by atoms with E-state index in [0.717, 1.165) is 18.4 Å². The van der Waals surface area contributed by atoms with E-state index in [2.05, 4.69) is 0 Å². The molecule has 152 valence electrons. The monoisotopic (exact) mass is 401 g/mol. The topological polar surface area (TPSA) is 77.6 Å². The average molecular weight is 401 g/mol. The molecule has 4 rings (SSSR count). The van der Waals surface area contributed by atoms with E-state index in [1.54, 1.807) is 22.9 Å². The zero-order chi connectivity index (χ0) is 20.5. The van der Waals surface area contributed by atoms with Crippen LogP contribution in [0.5, 0.6) is 0 Å². The van der Waals surface area contributed by atoms with Gasteiger partial charge in [-0.25, -0.2) is 13.6 Å². The fourth-order valence-electron chi connectivity index (χ4n) is 3.85. The van der Waals surface area contributed by atoms with Crippen LogP contribution in [0.4, 0.5) is 13.6 Å². The second-order valence-electron chi connectivity index (χ2n) is 7.36. The van der Waals surface area contributed by atoms with Gasteiger partial charge in [0, 0.05) is 36.5 Å². The Morgan fingerprint density at radius 2 is 2.14 bits per heavy atom. The summed E-state index contributed by atoms with van der Waals surface area (Å²) >= 11 is 0. The van der Waals surface area contributed by atoms with E-state index >= 15 is 0 Å². The lowest BCUT2D eigenvalue weighted by molar-refractivity contribution is 0.0728. The number of nitrogens with zero attached hydrogens (tertiary/aromatic N) is 2. The Morgan fingerprint density at radius 1 is 1.34 bits per heavy atom. The third-order valence-corrected chi connectivity index (χ3v) is 5.29. The highest BCUT2D eigenvalue weighted by Gasteiger charge is 2.38. The number of hydrogen-bond acceptors (Lipinski definition) is 3. The number of aromatic nitrogens is 1. The molecule has 1 aromatic heterocycles. The number of halogens is 2. The molecule has 1 aliphatic carbocycles. The largest absolute Gasteiger partial charge is 0.445 e. The van der Waals surface area contributed by atoms with E-state index in [4.69, 9.17) is 10.5 Å². The minimum atomic E-state index is -1.00. The molecule has 2 amide bonds. The SMILES string of the molecule is NC(=O)OCC(=CF)Cn1cc2c(c1-c1cccc(F)c1)CCN(C1CC1)C2=O. The van der Waals surface area contributed by atoms with E-state index in [9.17, 15) is 18.4 Å². The second-order valence-corrected chi connectivity index (χ2v) is 7.36. The summed E-state index contributed by atoms with van der Waals surface area (Å²) in [6.07, 6.45) is 3.70. The Hall–Kier alpha value is -3.16. The van der Waals surface area contributed by atoms with Gasteiger partial charge in [0.1, 0.15) is 12.4 Å². The molecule has 0 spiro atoms. The molecule has 1 saturated carbocycles. The van der Waals surface area contributed by atoms with Crippen LogP contribution in [0.3, 0.4) is 0 Å². The molecule has 2 heterocycles. The van der Waals surface area contributed by atoms with Gasteiger partial charge in [0.15, 0.2) is 0 Å². The molecule has 0 bridgehead atoms. The highest BCUT2D eigenvalue weighted by atomic mass is 19.1. The molecule has 0 unspecified atom stereocenters. The molecule has 29 heavy (non-hydrogen) atoms. The maximum atomic E-state index is 13.9. The molecular weight excluding hydrogens is 380 g/mol. The Balaban J connectivity index is 1.74. The molecule has 6 nitrogen and oxygen atoms in total. The predicted molar refractivity (Wildman–Crippen MR) is 102 cm³/mol. The van der Waals surface area contributed by atoms with Crippen LogP contribution in [0.1, 0.15) is 28.8 Å². The molecule has 0 atom stereocenters. The Labute approximate surface area is 166 Å². The van der Waals surface area contributed by atoms with Crippen LogP contribution in [0.2, 0.25) is 0 Å². The van der Waals surface area contributed by atoms with Crippen LogP contribution >= 0.6 is 0 Å². The highest BCUT2D eigenvalue weighted by Crippen LogP contribution is 2.37. The summed E-state index contributed by atoms with van der Waals surface area (Å²) in [4.78, 5) is 25.7. The van der Waals surface area contributed by atoms with Crippen LogP contribution < -0.4 is 5.73 Å². The lowest BCUT2D eigenvalue weighted by Gasteiger charge is -2.27. The van der Waals surface area contributed by atoms with Gasteiger partial charge >= 0.3 is 6.09 Å². The molecule has 0 saturated heterocycles. The molecule has 2 aromatic rings. The van der Waals surface area contributed by atoms with E-state index in [1.165, 1.54) is 12.1 Å². The Morgan fingerprint density at radius 3 is 2.79 bits per heavy atom. The van der Waals surface area contributed by atoms with E-state index in [1.807, 2.05) is 4.90 Å². The predicted octanol–water partition coefficient (Wildman–Crippen LogP) is 3.40. The Kier molecular flexibility index (Phi) is 5.08. The van der Waals surface area contributed by atoms with Crippen molar-refractivity contribution < 1.29 is 23.1 Å². The maximum Gasteiger partial charge on any atom is 0.404 e. The summed E-state index contributed by atoms with van der Waals surface area (Å²) in [6.45, 7) is 0.345. The van der Waals surface area contributed by atoms with E-state index in [-0.39, 0.29) is 24.6 Å². The van der Waals surface area contributed by atoms with Gasteiger partial charge in [-0.05, 0) is 37.0 Å². The van der Waals surface area contributed by atoms with Crippen molar-refractivity contribution in [1.82, 2.24) is 9.47 Å². The van der Waals surface area contributed by atoms with Crippen molar-refractivity contribution in [2.45, 2.75) is 31.8 Å². The van der Waals surface area contributed by atoms with Gasteiger partial charge in [-0.15, -0.1) is 0 Å². The van der Waals surface area contributed by atoms with Crippen LogP contribution in [-0.2, 0) is 17.7 Å². The van der Waals surface area contributed by atoms with Gasteiger partial charge in [0.25, 0.3) is 5.91 Å². The zero-order valence-electron chi connectivity index (χ0n) is 15.7. The van der Waals surface area contributed by atoms with Crippen LogP contribution in [0, 0.1) is 5.82 Å². The summed E-state index contributed by atoms with van der Waals surface area (Å²) in [6, 6.07) is 6.38. The molecular formula is C21H21F2N3O3. The third kappa shape index (κ3) is 3.87. The third-order valence-electron chi connectivity index (χ3n) is 5.29. The van der Waals surface area contributed by atoms with E-state index < -0.39 is 11.9 Å². The molecule has 1 fully saturated rings. The molecule has 8 heteroatoms. The standard InChI is InChI=1S/C21H21F2N3O3/c22-9-13(12-29-21(24)28)10-25-11-18-17(6-7-26(20(18)27)16-4-5-16)19(25)14-2-1-3-15(23)8-14/h1-3,8-9,11,16H,4-7,10,12H2,(H2,24,28). The number of amides is 2. The average Bonchev–Trinajstić information content (AvgIpc) is 3.46. The number of primary amides is 1. The first-order valence-corrected chi connectivity index (χ1v) is 9.47. The van der Waals surface area contributed by atoms with Crippen LogP contribution in [-0.4, -0.2) is 40.7 Å². The van der Waals surface area contributed by atoms with Gasteiger partial charge in [-0.2, -0.15) is 0 Å². The number of fused-ring (bicyclic) bond motifs is 1. The first-order chi connectivity index (χ1) is 14.0. The number of nitrogens with two attached hydrogens (primary N) is 1. The quantitative estimate of drug-likeness (QED) is 0.806. The molecule has 2 N–H and O–H groups in total. The number of hydrogen-bond donors (Lipinski definition) is 1. The fourth-order valence-corrected chi connectivity index (χ4v) is 3.85. The molecule has 0 radical (unpaired) electrons. The van der Waals surface area contributed by atoms with Gasteiger partial charge in [0.2, 0.25) is 0 Å². The van der Waals surface area contributed by atoms with Gasteiger partial charge in [-0.3, -0.25) is 4.79 Å². The van der Waals surface area contributed by atoms with Crippen molar-refractivity contribution in [1.29, 1.82) is 0 Å². The number of carbonyl (C=O) groups is 2. The number of ether oxygens (including phenoxy) is 1.